The number of rotatable bonds is 7. The Bertz CT molecular complexity index is 1020. The highest BCUT2D eigenvalue weighted by molar-refractivity contribution is 8.00. The molecular formula is C19H25N5O2S. The average Bonchev–Trinajstić information content (AvgIpc) is 3.06. The first-order valence-electron chi connectivity index (χ1n) is 9.25. The molecule has 1 amide bonds. The van der Waals surface area contributed by atoms with Crippen molar-refractivity contribution >= 4 is 34.3 Å². The van der Waals surface area contributed by atoms with Gasteiger partial charge in [-0.1, -0.05) is 44.7 Å². The first-order chi connectivity index (χ1) is 12.9. The zero-order valence-electron chi connectivity index (χ0n) is 16.1. The normalized spacial score (nSPS) is 12.8. The van der Waals surface area contributed by atoms with E-state index in [2.05, 4.69) is 29.4 Å². The number of thioether (sulfide) groups is 1. The fourth-order valence-electron chi connectivity index (χ4n) is 2.90. The van der Waals surface area contributed by atoms with Gasteiger partial charge in [-0.2, -0.15) is 0 Å². The van der Waals surface area contributed by atoms with Gasteiger partial charge < -0.3 is 5.32 Å². The summed E-state index contributed by atoms with van der Waals surface area (Å²) >= 11 is 1.35. The molecular weight excluding hydrogens is 362 g/mol. The summed E-state index contributed by atoms with van der Waals surface area (Å²) in [5, 5.41) is 12.4. The second-order valence-corrected chi connectivity index (χ2v) is 8.30. The van der Waals surface area contributed by atoms with Crippen molar-refractivity contribution in [2.24, 2.45) is 5.92 Å². The Hall–Kier alpha value is -2.35. The lowest BCUT2D eigenvalue weighted by Gasteiger charge is -2.13. The molecule has 0 bridgehead atoms. The Morgan fingerprint density at radius 3 is 2.67 bits per heavy atom. The molecule has 0 fully saturated rings. The molecule has 0 aliphatic carbocycles. The summed E-state index contributed by atoms with van der Waals surface area (Å²) in [7, 11) is 0. The van der Waals surface area contributed by atoms with E-state index in [1.54, 1.807) is 4.57 Å². The Kier molecular flexibility index (Phi) is 5.84. The molecule has 27 heavy (non-hydrogen) atoms. The van der Waals surface area contributed by atoms with Crippen LogP contribution in [-0.2, 0) is 11.3 Å². The number of aromatic nitrogens is 4. The van der Waals surface area contributed by atoms with E-state index >= 15 is 0 Å². The molecule has 3 rings (SSSR count). The van der Waals surface area contributed by atoms with Gasteiger partial charge in [-0.25, -0.2) is 0 Å². The smallest absolute Gasteiger partial charge is 0.262 e. The molecule has 144 valence electrons. The fraction of sp³-hybridized carbons (Fsp3) is 0.474. The Labute approximate surface area is 162 Å². The van der Waals surface area contributed by atoms with Crippen LogP contribution in [0, 0.1) is 5.92 Å². The minimum atomic E-state index is -0.318. The highest BCUT2D eigenvalue weighted by Crippen LogP contribution is 2.25. The zero-order valence-corrected chi connectivity index (χ0v) is 16.9. The molecule has 1 aromatic carbocycles. The fourth-order valence-corrected chi connectivity index (χ4v) is 3.78. The molecule has 2 aromatic heterocycles. The molecule has 3 aromatic rings. The van der Waals surface area contributed by atoms with Crippen molar-refractivity contribution in [3.05, 3.63) is 34.6 Å². The summed E-state index contributed by atoms with van der Waals surface area (Å²) in [6.07, 6.45) is 0.817. The Balaban J connectivity index is 2.05. The Morgan fingerprint density at radius 2 is 1.96 bits per heavy atom. The summed E-state index contributed by atoms with van der Waals surface area (Å²) in [4.78, 5) is 25.2. The standard InChI is InChI=1S/C19H25N5O2S/c1-5-10-23-17(26)14-8-6-7-9-15(14)24-18(23)21-22-19(24)27-13(4)16(25)20-11-12(2)3/h6-9,12-13H,5,10-11H2,1-4H3,(H,20,25). The van der Waals surface area contributed by atoms with Crippen molar-refractivity contribution in [1.82, 2.24) is 24.5 Å². The maximum absolute atomic E-state index is 12.8. The summed E-state index contributed by atoms with van der Waals surface area (Å²) < 4.78 is 3.53. The van der Waals surface area contributed by atoms with Crippen LogP contribution in [0.4, 0.5) is 0 Å². The van der Waals surface area contributed by atoms with Crippen LogP contribution in [-0.4, -0.2) is 36.9 Å². The number of benzene rings is 1. The molecule has 7 nitrogen and oxygen atoms in total. The van der Waals surface area contributed by atoms with Crippen LogP contribution in [0.3, 0.4) is 0 Å². The average molecular weight is 388 g/mol. The van der Waals surface area contributed by atoms with E-state index in [1.165, 1.54) is 11.8 Å². The predicted octanol–water partition coefficient (Wildman–Crippen LogP) is 2.71. The number of nitrogens with zero attached hydrogens (tertiary/aromatic N) is 4. The number of carbonyl (C=O) groups is 1. The van der Waals surface area contributed by atoms with E-state index in [9.17, 15) is 9.59 Å². The van der Waals surface area contributed by atoms with Crippen molar-refractivity contribution in [3.8, 4) is 0 Å². The van der Waals surface area contributed by atoms with E-state index < -0.39 is 0 Å². The van der Waals surface area contributed by atoms with Crippen LogP contribution in [0.1, 0.15) is 34.1 Å². The minimum Gasteiger partial charge on any atom is -0.355 e. The van der Waals surface area contributed by atoms with Gasteiger partial charge in [0.05, 0.1) is 16.2 Å². The van der Waals surface area contributed by atoms with Gasteiger partial charge >= 0.3 is 0 Å². The molecule has 0 spiro atoms. The molecule has 0 aliphatic heterocycles. The third-order valence-electron chi connectivity index (χ3n) is 4.26. The van der Waals surface area contributed by atoms with Crippen molar-refractivity contribution in [3.63, 3.8) is 0 Å². The maximum Gasteiger partial charge on any atom is 0.262 e. The number of aryl methyl sites for hydroxylation is 1. The maximum atomic E-state index is 12.8. The molecule has 0 aliphatic rings. The lowest BCUT2D eigenvalue weighted by atomic mass is 10.2. The third-order valence-corrected chi connectivity index (χ3v) is 5.30. The number of hydrogen-bond donors (Lipinski definition) is 1. The van der Waals surface area contributed by atoms with Gasteiger partial charge in [0, 0.05) is 13.1 Å². The lowest BCUT2D eigenvalue weighted by Crippen LogP contribution is -2.33. The summed E-state index contributed by atoms with van der Waals surface area (Å²) in [6, 6.07) is 7.44. The highest BCUT2D eigenvalue weighted by Gasteiger charge is 2.21. The molecule has 0 saturated heterocycles. The summed E-state index contributed by atoms with van der Waals surface area (Å²) in [6.45, 7) is 9.20. The van der Waals surface area contributed by atoms with E-state index in [0.29, 0.717) is 35.3 Å². The van der Waals surface area contributed by atoms with Crippen LogP contribution in [0.25, 0.3) is 16.7 Å². The molecule has 0 radical (unpaired) electrons. The van der Waals surface area contributed by atoms with E-state index in [4.69, 9.17) is 0 Å². The Morgan fingerprint density at radius 1 is 1.22 bits per heavy atom. The molecule has 0 saturated carbocycles. The molecule has 8 heteroatoms. The quantitative estimate of drug-likeness (QED) is 0.631. The number of hydrogen-bond acceptors (Lipinski definition) is 5. The van der Waals surface area contributed by atoms with Crippen LogP contribution in [0.5, 0.6) is 0 Å². The van der Waals surface area contributed by atoms with Crippen LogP contribution in [0.15, 0.2) is 34.2 Å². The molecule has 1 unspecified atom stereocenters. The van der Waals surface area contributed by atoms with Crippen LogP contribution in [0.2, 0.25) is 0 Å². The van der Waals surface area contributed by atoms with Gasteiger partial charge in [0.2, 0.25) is 11.7 Å². The lowest BCUT2D eigenvalue weighted by molar-refractivity contribution is -0.120. The minimum absolute atomic E-state index is 0.0309. The SMILES string of the molecule is CCCn1c(=O)c2ccccc2n2c(SC(C)C(=O)NCC(C)C)nnc12. The topological polar surface area (TPSA) is 81.3 Å². The van der Waals surface area contributed by atoms with Crippen molar-refractivity contribution in [2.75, 3.05) is 6.54 Å². The highest BCUT2D eigenvalue weighted by atomic mass is 32.2. The van der Waals surface area contributed by atoms with Gasteiger partial charge in [-0.3, -0.25) is 18.6 Å². The summed E-state index contributed by atoms with van der Waals surface area (Å²) in [5.41, 5.74) is 0.693. The van der Waals surface area contributed by atoms with Gasteiger partial charge in [0.25, 0.3) is 5.56 Å². The number of carbonyl (C=O) groups excluding carboxylic acids is 1. The molecule has 2 heterocycles. The predicted molar refractivity (Wildman–Crippen MR) is 108 cm³/mol. The summed E-state index contributed by atoms with van der Waals surface area (Å²) in [5.74, 6) is 0.877. The van der Waals surface area contributed by atoms with Crippen LogP contribution >= 0.6 is 11.8 Å². The number of fused-ring (bicyclic) bond motifs is 3. The third kappa shape index (κ3) is 3.85. The number of para-hydroxylation sites is 1. The van der Waals surface area contributed by atoms with Crippen molar-refractivity contribution in [1.29, 1.82) is 0 Å². The molecule has 1 atom stereocenters. The van der Waals surface area contributed by atoms with Gasteiger partial charge in [0.1, 0.15) is 0 Å². The van der Waals surface area contributed by atoms with Crippen LogP contribution < -0.4 is 10.9 Å². The first kappa shape index (κ1) is 19.4. The largest absolute Gasteiger partial charge is 0.355 e. The number of amides is 1. The first-order valence-corrected chi connectivity index (χ1v) is 10.1. The van der Waals surface area contributed by atoms with E-state index in [1.807, 2.05) is 42.5 Å². The second-order valence-electron chi connectivity index (χ2n) is 6.99. The van der Waals surface area contributed by atoms with Gasteiger partial charge in [0.15, 0.2) is 5.16 Å². The van der Waals surface area contributed by atoms with Gasteiger partial charge in [-0.15, -0.1) is 10.2 Å². The van der Waals surface area contributed by atoms with Gasteiger partial charge in [-0.05, 0) is 31.4 Å². The van der Waals surface area contributed by atoms with Crippen molar-refractivity contribution in [2.45, 2.75) is 51.1 Å². The van der Waals surface area contributed by atoms with E-state index in [0.717, 1.165) is 11.9 Å². The monoisotopic (exact) mass is 387 g/mol. The van der Waals surface area contributed by atoms with E-state index in [-0.39, 0.29) is 16.7 Å². The molecule has 1 N–H and O–H groups in total. The second kappa shape index (κ2) is 8.12. The van der Waals surface area contributed by atoms with Crippen molar-refractivity contribution < 1.29 is 4.79 Å². The number of nitrogens with one attached hydrogen (secondary N) is 1. The zero-order chi connectivity index (χ0) is 19.6.